The van der Waals surface area contributed by atoms with Crippen molar-refractivity contribution in [2.24, 2.45) is 0 Å². The zero-order chi connectivity index (χ0) is 47.8. The van der Waals surface area contributed by atoms with Crippen LogP contribution in [-0.4, -0.2) is 11.8 Å². The number of aromatic nitrogens is 1. The minimum absolute atomic E-state index is 0.00686. The maximum atomic E-state index is 4.10. The van der Waals surface area contributed by atoms with Crippen LogP contribution >= 0.6 is 22.7 Å². The molecule has 0 saturated carbocycles. The smallest absolute Gasteiger partial charge is 0.211 e. The molecule has 7 aromatic carbocycles. The van der Waals surface area contributed by atoms with E-state index >= 15 is 0 Å². The van der Waals surface area contributed by atoms with Crippen molar-refractivity contribution < 1.29 is 0 Å². The molecule has 0 bridgehead atoms. The molecule has 1 aliphatic heterocycles. The molecule has 0 amide bonds. The van der Waals surface area contributed by atoms with Crippen molar-refractivity contribution in [3.05, 3.63) is 149 Å². The number of fused-ring (bicyclic) bond motifs is 14. The first-order valence-corrected chi connectivity index (χ1v) is 26.3. The molecule has 2 nitrogen and oxygen atoms in total. The van der Waals surface area contributed by atoms with Crippen molar-refractivity contribution in [1.29, 1.82) is 0 Å². The average molecular weight is 923 g/mol. The summed E-state index contributed by atoms with van der Waals surface area (Å²) in [7, 11) is 0.862. The fourth-order valence-corrected chi connectivity index (χ4v) is 14.1. The third-order valence-corrected chi connectivity index (χ3v) is 17.9. The summed E-state index contributed by atoms with van der Waals surface area (Å²) >= 11 is 3.92. The lowest BCUT2D eigenvalue weighted by Gasteiger charge is -2.28. The molecule has 0 atom stereocenters. The zero-order valence-corrected chi connectivity index (χ0v) is 44.1. The van der Waals surface area contributed by atoms with E-state index in [1.54, 1.807) is 0 Å². The van der Waals surface area contributed by atoms with Gasteiger partial charge in [-0.1, -0.05) is 158 Å². The van der Waals surface area contributed by atoms with Crippen LogP contribution in [-0.2, 0) is 27.1 Å². The Kier molecular flexibility index (Phi) is 9.14. The molecule has 68 heavy (non-hydrogen) atoms. The molecule has 0 saturated heterocycles. The second kappa shape index (κ2) is 14.2. The Morgan fingerprint density at radius 2 is 1.12 bits per heavy atom. The van der Waals surface area contributed by atoms with Crippen LogP contribution in [0.1, 0.15) is 130 Å². The lowest BCUT2D eigenvalue weighted by Crippen LogP contribution is -2.36. The van der Waals surface area contributed by atoms with Gasteiger partial charge in [0.1, 0.15) is 0 Å². The molecular weight excluding hydrogens is 860 g/mol. The van der Waals surface area contributed by atoms with Gasteiger partial charge in [-0.15, -0.1) is 22.7 Å². The highest BCUT2D eigenvalue weighted by atomic mass is 32.1. The van der Waals surface area contributed by atoms with Crippen LogP contribution in [0.4, 0.5) is 11.4 Å². The summed E-state index contributed by atoms with van der Waals surface area (Å²) in [6.45, 7) is 32.9. The number of nitrogens with zero attached hydrogens (tertiary/aromatic N) is 1. The maximum Gasteiger partial charge on any atom is 0.211 e. The molecule has 3 aromatic heterocycles. The zero-order valence-electron chi connectivity index (χ0n) is 42.4. The van der Waals surface area contributed by atoms with Crippen molar-refractivity contribution >= 4 is 104 Å². The van der Waals surface area contributed by atoms with Gasteiger partial charge in [-0.2, -0.15) is 0 Å². The molecule has 2 aliphatic rings. The molecule has 0 radical (unpaired) electrons. The lowest BCUT2D eigenvalue weighted by atomic mass is 9.61. The van der Waals surface area contributed by atoms with Gasteiger partial charge in [-0.3, -0.25) is 0 Å². The number of thiophene rings is 2. The highest BCUT2D eigenvalue weighted by Gasteiger charge is 2.43. The molecule has 0 fully saturated rings. The van der Waals surface area contributed by atoms with Gasteiger partial charge in [0, 0.05) is 68.9 Å². The fourth-order valence-electron chi connectivity index (χ4n) is 11.7. The van der Waals surface area contributed by atoms with Crippen LogP contribution < -0.4 is 15.6 Å². The number of benzene rings is 7. The number of rotatable bonds is 3. The van der Waals surface area contributed by atoms with Crippen LogP contribution in [0.5, 0.6) is 0 Å². The van der Waals surface area contributed by atoms with Gasteiger partial charge < -0.3 is 9.88 Å². The Morgan fingerprint density at radius 3 is 1.81 bits per heavy atom. The highest BCUT2D eigenvalue weighted by molar-refractivity contribution is 7.29. The third kappa shape index (κ3) is 6.40. The van der Waals surface area contributed by atoms with Crippen LogP contribution in [0.25, 0.3) is 80.0 Å². The molecular formula is C63H63BN2S2. The van der Waals surface area contributed by atoms with Gasteiger partial charge in [0.05, 0.1) is 11.2 Å². The van der Waals surface area contributed by atoms with Gasteiger partial charge >= 0.3 is 0 Å². The summed E-state index contributed by atoms with van der Waals surface area (Å²) in [4.78, 5) is 0. The fraction of sp³-hybridized carbons (Fsp3) is 0.302. The van der Waals surface area contributed by atoms with Gasteiger partial charge in [-0.05, 0) is 137 Å². The van der Waals surface area contributed by atoms with Gasteiger partial charge in [0.15, 0.2) is 0 Å². The summed E-state index contributed by atoms with van der Waals surface area (Å²) in [5.41, 5.74) is 21.3. The van der Waals surface area contributed by atoms with Gasteiger partial charge in [0.2, 0.25) is 7.28 Å². The largest absolute Gasteiger partial charge is 0.355 e. The Balaban J connectivity index is 1.26. The first-order chi connectivity index (χ1) is 32.0. The molecule has 0 unspecified atom stereocenters. The van der Waals surface area contributed by atoms with E-state index in [1.807, 2.05) is 22.7 Å². The van der Waals surface area contributed by atoms with Crippen molar-refractivity contribution in [2.45, 2.75) is 124 Å². The predicted octanol–water partition coefficient (Wildman–Crippen LogP) is 17.0. The Bertz CT molecular complexity index is 3780. The van der Waals surface area contributed by atoms with Crippen molar-refractivity contribution in [3.63, 3.8) is 0 Å². The average Bonchev–Trinajstić information content (AvgIpc) is 3.98. The van der Waals surface area contributed by atoms with E-state index in [9.17, 15) is 0 Å². The van der Waals surface area contributed by atoms with E-state index in [1.165, 1.54) is 124 Å². The minimum atomic E-state index is -0.259. The number of hydrogen-bond acceptors (Lipinski definition) is 3. The summed E-state index contributed by atoms with van der Waals surface area (Å²) in [6.07, 6.45) is 0. The van der Waals surface area contributed by atoms with Gasteiger partial charge in [-0.25, -0.2) is 0 Å². The van der Waals surface area contributed by atoms with E-state index in [-0.39, 0.29) is 27.1 Å². The third-order valence-electron chi connectivity index (χ3n) is 15.6. The number of nitrogens with one attached hydrogen (secondary N) is 1. The van der Waals surface area contributed by atoms with Crippen LogP contribution in [0, 0.1) is 0 Å². The van der Waals surface area contributed by atoms with Gasteiger partial charge in [0.25, 0.3) is 0 Å². The predicted molar refractivity (Wildman–Crippen MR) is 303 cm³/mol. The number of hydrogen-bond donors (Lipinski definition) is 1. The second-order valence-corrected chi connectivity index (χ2v) is 27.0. The summed E-state index contributed by atoms with van der Waals surface area (Å²) in [6, 6.07) is 45.5. The van der Waals surface area contributed by atoms with E-state index in [0.29, 0.717) is 0 Å². The number of anilines is 2. The van der Waals surface area contributed by atoms with Crippen molar-refractivity contribution in [1.82, 2.24) is 4.57 Å². The Labute approximate surface area is 411 Å². The summed E-state index contributed by atoms with van der Waals surface area (Å²) in [5, 5.41) is 10.9. The minimum Gasteiger partial charge on any atom is -0.355 e. The highest BCUT2D eigenvalue weighted by Crippen LogP contribution is 2.58. The Hall–Kier alpha value is -5.62. The second-order valence-electron chi connectivity index (χ2n) is 24.7. The monoisotopic (exact) mass is 922 g/mol. The molecule has 1 N–H and O–H groups in total. The first kappa shape index (κ1) is 43.7. The van der Waals surface area contributed by atoms with E-state index in [2.05, 4.69) is 222 Å². The maximum absolute atomic E-state index is 4.10. The molecule has 10 aromatic rings. The van der Waals surface area contributed by atoms with Crippen LogP contribution in [0.15, 0.2) is 115 Å². The normalized spacial score (nSPS) is 14.6. The van der Waals surface area contributed by atoms with Crippen LogP contribution in [0.2, 0.25) is 0 Å². The van der Waals surface area contributed by atoms with Crippen molar-refractivity contribution in [3.8, 4) is 27.9 Å². The van der Waals surface area contributed by atoms with Crippen LogP contribution in [0.3, 0.4) is 0 Å². The molecule has 1 aliphatic carbocycles. The Morgan fingerprint density at radius 1 is 0.515 bits per heavy atom. The lowest BCUT2D eigenvalue weighted by molar-refractivity contribution is 0.590. The molecule has 12 rings (SSSR count). The SMILES string of the molecule is CC(C)(C)c1ccc(Nc2cc3sc4cc(C(C)(C)C)ccc4c3cc2-c2c3c(c4c5cc(C(C)(C)C)ccc5n5c4c2Bc2sc4ccc(C(C)(C)C)cc4c2-5)C(C)(C)c2ccccc2-3)cc1. The summed E-state index contributed by atoms with van der Waals surface area (Å²) in [5.74, 6) is 0. The van der Waals surface area contributed by atoms with Crippen molar-refractivity contribution in [2.75, 3.05) is 5.32 Å². The molecule has 0 spiro atoms. The van der Waals surface area contributed by atoms with E-state index < -0.39 is 0 Å². The van der Waals surface area contributed by atoms with E-state index in [4.69, 9.17) is 0 Å². The first-order valence-electron chi connectivity index (χ1n) is 24.7. The summed E-state index contributed by atoms with van der Waals surface area (Å²) < 4.78 is 8.18. The topological polar surface area (TPSA) is 17.0 Å². The molecule has 4 heterocycles. The standard InChI is InChI=1S/C63H63BN2S2/c1-59(2,3)34-19-24-38(25-20-34)65-46-33-50-41(39-26-21-37(62(10,11)12)31-49(39)67-50)32-42(46)52-51-40-17-15-16-18-45(40)63(13,14)54(51)53-43-29-35(60(4,5)6)22-27-47(43)66-56-44-30-36(61(7,8)9)23-28-48(44)68-58(56)64-55(52)57(53)66/h15-33,64-65H,1-14H3. The quantitative estimate of drug-likeness (QED) is 0.175. The molecule has 5 heteroatoms. The van der Waals surface area contributed by atoms with E-state index in [0.717, 1.165) is 18.7 Å². The molecule has 340 valence electrons.